The predicted octanol–water partition coefficient (Wildman–Crippen LogP) is 4.51. The van der Waals surface area contributed by atoms with Crippen LogP contribution in [0.5, 0.6) is 0 Å². The summed E-state index contributed by atoms with van der Waals surface area (Å²) in [5.74, 6) is -0.0576. The molecule has 0 saturated heterocycles. The first kappa shape index (κ1) is 15.1. The number of carbonyl (C=O) groups excluding carboxylic acids is 1. The summed E-state index contributed by atoms with van der Waals surface area (Å²) in [6.45, 7) is 0. The summed E-state index contributed by atoms with van der Waals surface area (Å²) in [6.07, 6.45) is 6.55. The van der Waals surface area contributed by atoms with E-state index in [4.69, 9.17) is 0 Å². The average Bonchev–Trinajstić information content (AvgIpc) is 3.00. The Morgan fingerprint density at radius 1 is 1.08 bits per heavy atom. The molecule has 2 aromatic carbocycles. The Balaban J connectivity index is 1.49. The molecule has 0 spiro atoms. The zero-order chi connectivity index (χ0) is 16.4. The molecular formula is C20H18N2OS. The normalized spacial score (nSPS) is 16.2. The Morgan fingerprint density at radius 3 is 2.54 bits per heavy atom. The molecule has 3 aromatic rings. The largest absolute Gasteiger partial charge is 0.343 e. The molecule has 24 heavy (non-hydrogen) atoms. The molecular weight excluding hydrogens is 316 g/mol. The van der Waals surface area contributed by atoms with Crippen molar-refractivity contribution in [3.63, 3.8) is 0 Å². The first-order valence-corrected chi connectivity index (χ1v) is 8.98. The van der Waals surface area contributed by atoms with Crippen LogP contribution in [-0.4, -0.2) is 10.9 Å². The number of amides is 1. The van der Waals surface area contributed by atoms with Gasteiger partial charge >= 0.3 is 0 Å². The SMILES string of the molecule is O=C(/C=C/c1nc2ccccc2s1)NC1(c2ccccc2)CCC1. The van der Waals surface area contributed by atoms with Gasteiger partial charge in [0, 0.05) is 6.08 Å². The summed E-state index contributed by atoms with van der Waals surface area (Å²) in [5, 5.41) is 4.06. The molecule has 3 nitrogen and oxygen atoms in total. The standard InChI is InChI=1S/C20H18N2OS/c23-18(11-12-19-21-16-9-4-5-10-17(16)24-19)22-20(13-6-14-20)15-7-2-1-3-8-15/h1-5,7-12H,6,13-14H2,(H,22,23)/b12-11+. The van der Waals surface area contributed by atoms with Crippen LogP contribution in [0.25, 0.3) is 16.3 Å². The molecule has 1 fully saturated rings. The van der Waals surface area contributed by atoms with Gasteiger partial charge in [0.1, 0.15) is 5.01 Å². The van der Waals surface area contributed by atoms with E-state index in [0.717, 1.165) is 34.5 Å². The summed E-state index contributed by atoms with van der Waals surface area (Å²) in [5.41, 5.74) is 1.97. The number of para-hydroxylation sites is 1. The van der Waals surface area contributed by atoms with E-state index < -0.39 is 0 Å². The van der Waals surface area contributed by atoms with Gasteiger partial charge in [0.25, 0.3) is 0 Å². The lowest BCUT2D eigenvalue weighted by molar-refractivity contribution is -0.119. The van der Waals surface area contributed by atoms with E-state index in [1.807, 2.05) is 42.5 Å². The van der Waals surface area contributed by atoms with Gasteiger partial charge in [-0.1, -0.05) is 42.5 Å². The Bertz CT molecular complexity index is 861. The quantitative estimate of drug-likeness (QED) is 0.714. The van der Waals surface area contributed by atoms with Crippen molar-refractivity contribution in [1.29, 1.82) is 0 Å². The fourth-order valence-electron chi connectivity index (χ4n) is 3.16. The van der Waals surface area contributed by atoms with E-state index in [1.54, 1.807) is 23.5 Å². The lowest BCUT2D eigenvalue weighted by atomic mass is 9.72. The van der Waals surface area contributed by atoms with Crippen molar-refractivity contribution in [1.82, 2.24) is 10.3 Å². The Hall–Kier alpha value is -2.46. The van der Waals surface area contributed by atoms with Crippen LogP contribution in [0.1, 0.15) is 29.8 Å². The molecule has 1 N–H and O–H groups in total. The van der Waals surface area contributed by atoms with E-state index >= 15 is 0 Å². The Kier molecular flexibility index (Phi) is 3.90. The number of thiazole rings is 1. The minimum absolute atomic E-state index is 0.0576. The summed E-state index contributed by atoms with van der Waals surface area (Å²) < 4.78 is 1.14. The molecule has 4 heteroatoms. The first-order valence-electron chi connectivity index (χ1n) is 8.17. The number of hydrogen-bond acceptors (Lipinski definition) is 3. The fourth-order valence-corrected chi connectivity index (χ4v) is 4.03. The smallest absolute Gasteiger partial charge is 0.244 e. The average molecular weight is 334 g/mol. The molecule has 0 radical (unpaired) electrons. The number of benzene rings is 2. The third-order valence-electron chi connectivity index (χ3n) is 4.58. The van der Waals surface area contributed by atoms with Crippen LogP contribution < -0.4 is 5.32 Å². The molecule has 4 rings (SSSR count). The zero-order valence-electron chi connectivity index (χ0n) is 13.2. The van der Waals surface area contributed by atoms with Crippen LogP contribution in [0.4, 0.5) is 0 Å². The van der Waals surface area contributed by atoms with Gasteiger partial charge < -0.3 is 5.32 Å². The monoisotopic (exact) mass is 334 g/mol. The molecule has 0 unspecified atom stereocenters. The number of nitrogens with one attached hydrogen (secondary N) is 1. The van der Waals surface area contributed by atoms with E-state index in [2.05, 4.69) is 22.4 Å². The third-order valence-corrected chi connectivity index (χ3v) is 5.59. The highest BCUT2D eigenvalue weighted by Crippen LogP contribution is 2.41. The third kappa shape index (κ3) is 2.85. The second-order valence-corrected chi connectivity index (χ2v) is 7.21. The topological polar surface area (TPSA) is 42.0 Å². The Labute approximate surface area is 145 Å². The summed E-state index contributed by atoms with van der Waals surface area (Å²) in [7, 11) is 0. The molecule has 0 aliphatic heterocycles. The lowest BCUT2D eigenvalue weighted by Crippen LogP contribution is -2.50. The van der Waals surface area contributed by atoms with Crippen molar-refractivity contribution >= 4 is 33.5 Å². The molecule has 0 bridgehead atoms. The van der Waals surface area contributed by atoms with Gasteiger partial charge in [0.2, 0.25) is 5.91 Å². The van der Waals surface area contributed by atoms with Crippen molar-refractivity contribution in [2.45, 2.75) is 24.8 Å². The van der Waals surface area contributed by atoms with Crippen LogP contribution in [0.3, 0.4) is 0 Å². The van der Waals surface area contributed by atoms with Crippen molar-refractivity contribution in [3.05, 3.63) is 71.2 Å². The van der Waals surface area contributed by atoms with Gasteiger partial charge in [-0.15, -0.1) is 11.3 Å². The van der Waals surface area contributed by atoms with Crippen LogP contribution in [0, 0.1) is 0 Å². The summed E-state index contributed by atoms with van der Waals surface area (Å²) >= 11 is 1.60. The van der Waals surface area contributed by atoms with Gasteiger partial charge in [-0.05, 0) is 43.0 Å². The van der Waals surface area contributed by atoms with Gasteiger partial charge in [-0.2, -0.15) is 0 Å². The van der Waals surface area contributed by atoms with Gasteiger partial charge in [-0.3, -0.25) is 4.79 Å². The number of aromatic nitrogens is 1. The number of nitrogens with zero attached hydrogens (tertiary/aromatic N) is 1. The molecule has 0 atom stereocenters. The minimum atomic E-state index is -0.198. The second-order valence-electron chi connectivity index (χ2n) is 6.14. The lowest BCUT2D eigenvalue weighted by Gasteiger charge is -2.42. The van der Waals surface area contributed by atoms with E-state index in [1.165, 1.54) is 5.56 Å². The molecule has 120 valence electrons. The maximum atomic E-state index is 12.4. The first-order chi connectivity index (χ1) is 11.8. The molecule has 1 aliphatic carbocycles. The van der Waals surface area contributed by atoms with Gasteiger partial charge in [0.05, 0.1) is 15.8 Å². The summed E-state index contributed by atoms with van der Waals surface area (Å²) in [4.78, 5) is 16.9. The van der Waals surface area contributed by atoms with Crippen LogP contribution in [-0.2, 0) is 10.3 Å². The fraction of sp³-hybridized carbons (Fsp3) is 0.200. The highest BCUT2D eigenvalue weighted by atomic mass is 32.1. The summed E-state index contributed by atoms with van der Waals surface area (Å²) in [6, 6.07) is 18.3. The predicted molar refractivity (Wildman–Crippen MR) is 98.8 cm³/mol. The highest BCUT2D eigenvalue weighted by molar-refractivity contribution is 7.19. The van der Waals surface area contributed by atoms with Crippen molar-refractivity contribution in [3.8, 4) is 0 Å². The van der Waals surface area contributed by atoms with E-state index in [0.29, 0.717) is 0 Å². The molecule has 1 heterocycles. The van der Waals surface area contributed by atoms with Gasteiger partial charge in [0.15, 0.2) is 0 Å². The van der Waals surface area contributed by atoms with Crippen LogP contribution >= 0.6 is 11.3 Å². The van der Waals surface area contributed by atoms with E-state index in [9.17, 15) is 4.79 Å². The highest BCUT2D eigenvalue weighted by Gasteiger charge is 2.39. The second kappa shape index (κ2) is 6.21. The number of rotatable bonds is 4. The molecule has 1 amide bonds. The van der Waals surface area contributed by atoms with Crippen LogP contribution in [0.2, 0.25) is 0 Å². The molecule has 1 aromatic heterocycles. The minimum Gasteiger partial charge on any atom is -0.343 e. The van der Waals surface area contributed by atoms with Crippen molar-refractivity contribution < 1.29 is 4.79 Å². The number of hydrogen-bond donors (Lipinski definition) is 1. The van der Waals surface area contributed by atoms with E-state index in [-0.39, 0.29) is 11.4 Å². The molecule has 1 saturated carbocycles. The zero-order valence-corrected chi connectivity index (χ0v) is 14.1. The number of carbonyl (C=O) groups is 1. The van der Waals surface area contributed by atoms with Crippen molar-refractivity contribution in [2.75, 3.05) is 0 Å². The maximum Gasteiger partial charge on any atom is 0.244 e. The van der Waals surface area contributed by atoms with Crippen molar-refractivity contribution in [2.24, 2.45) is 0 Å². The Morgan fingerprint density at radius 2 is 1.83 bits per heavy atom. The van der Waals surface area contributed by atoms with Crippen LogP contribution in [0.15, 0.2) is 60.7 Å². The molecule has 1 aliphatic rings. The maximum absolute atomic E-state index is 12.4. The van der Waals surface area contributed by atoms with Gasteiger partial charge in [-0.25, -0.2) is 4.98 Å². The number of fused-ring (bicyclic) bond motifs is 1.